The Morgan fingerprint density at radius 1 is 1.24 bits per heavy atom. The fourth-order valence-corrected chi connectivity index (χ4v) is 2.98. The van der Waals surface area contributed by atoms with Crippen LogP contribution in [0.1, 0.15) is 18.6 Å². The zero-order valence-corrected chi connectivity index (χ0v) is 15.3. The zero-order chi connectivity index (χ0) is 17.8. The molecule has 2 aromatic rings. The molecule has 0 unspecified atom stereocenters. The van der Waals surface area contributed by atoms with Gasteiger partial charge in [0.25, 0.3) is 0 Å². The molecule has 1 aliphatic rings. The predicted octanol–water partition coefficient (Wildman–Crippen LogP) is 3.79. The van der Waals surface area contributed by atoms with Gasteiger partial charge in [-0.25, -0.2) is 4.98 Å². The molecule has 25 heavy (non-hydrogen) atoms. The first-order valence-corrected chi connectivity index (χ1v) is 8.82. The number of rotatable bonds is 4. The van der Waals surface area contributed by atoms with Gasteiger partial charge in [-0.1, -0.05) is 35.3 Å². The second-order valence-corrected chi connectivity index (χ2v) is 6.81. The molecule has 1 saturated heterocycles. The van der Waals surface area contributed by atoms with Crippen LogP contribution in [-0.2, 0) is 9.53 Å². The molecular formula is C18H19Cl2N3O2. The highest BCUT2D eigenvalue weighted by Gasteiger charge is 2.28. The van der Waals surface area contributed by atoms with Crippen LogP contribution in [-0.4, -0.2) is 41.5 Å². The molecular weight excluding hydrogens is 361 g/mol. The summed E-state index contributed by atoms with van der Waals surface area (Å²) in [5.41, 5.74) is 1.06. The van der Waals surface area contributed by atoms with Crippen LogP contribution in [0.25, 0.3) is 0 Å². The lowest BCUT2D eigenvalue weighted by molar-refractivity contribution is -0.124. The van der Waals surface area contributed by atoms with Gasteiger partial charge in [0.15, 0.2) is 0 Å². The molecule has 3 rings (SSSR count). The number of nitrogens with zero attached hydrogens (tertiary/aromatic N) is 2. The van der Waals surface area contributed by atoms with Gasteiger partial charge in [-0.2, -0.15) is 0 Å². The predicted molar refractivity (Wildman–Crippen MR) is 99.1 cm³/mol. The molecule has 1 aromatic heterocycles. The zero-order valence-electron chi connectivity index (χ0n) is 13.8. The van der Waals surface area contributed by atoms with Gasteiger partial charge in [0.2, 0.25) is 5.91 Å². The minimum atomic E-state index is -0.295. The molecule has 1 N–H and O–H groups in total. The van der Waals surface area contributed by atoms with E-state index in [1.54, 1.807) is 12.1 Å². The van der Waals surface area contributed by atoms with E-state index in [1.807, 2.05) is 31.2 Å². The molecule has 0 spiro atoms. The molecule has 2 heterocycles. The van der Waals surface area contributed by atoms with Crippen LogP contribution in [0, 0.1) is 0 Å². The molecule has 0 saturated carbocycles. The second-order valence-electron chi connectivity index (χ2n) is 5.93. The van der Waals surface area contributed by atoms with Gasteiger partial charge in [-0.3, -0.25) is 9.69 Å². The summed E-state index contributed by atoms with van der Waals surface area (Å²) < 4.78 is 5.85. The van der Waals surface area contributed by atoms with Crippen molar-refractivity contribution in [3.63, 3.8) is 0 Å². The van der Waals surface area contributed by atoms with Crippen molar-refractivity contribution in [2.45, 2.75) is 19.1 Å². The van der Waals surface area contributed by atoms with Gasteiger partial charge in [0.1, 0.15) is 5.82 Å². The van der Waals surface area contributed by atoms with Gasteiger partial charge < -0.3 is 10.1 Å². The summed E-state index contributed by atoms with van der Waals surface area (Å²) in [6.45, 7) is 3.80. The van der Waals surface area contributed by atoms with Gasteiger partial charge in [-0.15, -0.1) is 0 Å². The monoisotopic (exact) mass is 379 g/mol. The summed E-state index contributed by atoms with van der Waals surface area (Å²) in [6, 6.07) is 10.7. The lowest BCUT2D eigenvalue weighted by atomic mass is 10.1. The third kappa shape index (κ3) is 4.70. The number of amides is 1. The Morgan fingerprint density at radius 2 is 1.96 bits per heavy atom. The number of ether oxygens (including phenoxy) is 1. The third-order valence-electron chi connectivity index (χ3n) is 4.25. The second kappa shape index (κ2) is 8.15. The van der Waals surface area contributed by atoms with E-state index in [1.165, 1.54) is 6.20 Å². The lowest BCUT2D eigenvalue weighted by Gasteiger charge is -2.36. The van der Waals surface area contributed by atoms with E-state index in [4.69, 9.17) is 27.9 Å². The number of carbonyl (C=O) groups excluding carboxylic acids is 1. The number of hydrogen-bond donors (Lipinski definition) is 1. The first-order valence-electron chi connectivity index (χ1n) is 8.06. The standard InChI is InChI=1S/C18H19Cl2N3O2/c1-12(18(24)22-17-7-6-15(20)10-21-17)23-8-9-25-16(11-23)13-2-4-14(19)5-3-13/h2-7,10,12,16H,8-9,11H2,1H3,(H,21,22,24)/t12-,16-/m0/s1. The minimum Gasteiger partial charge on any atom is -0.371 e. The van der Waals surface area contributed by atoms with Crippen LogP contribution >= 0.6 is 23.2 Å². The van der Waals surface area contributed by atoms with Crippen LogP contribution < -0.4 is 5.32 Å². The van der Waals surface area contributed by atoms with E-state index < -0.39 is 0 Å². The Kier molecular flexibility index (Phi) is 5.91. The van der Waals surface area contributed by atoms with Crippen LogP contribution in [0.3, 0.4) is 0 Å². The topological polar surface area (TPSA) is 54.5 Å². The molecule has 1 aliphatic heterocycles. The Hall–Kier alpha value is -1.66. The highest BCUT2D eigenvalue weighted by molar-refractivity contribution is 6.30. The summed E-state index contributed by atoms with van der Waals surface area (Å²) in [7, 11) is 0. The Bertz CT molecular complexity index is 722. The average Bonchev–Trinajstić information content (AvgIpc) is 2.63. The number of benzene rings is 1. The van der Waals surface area contributed by atoms with E-state index >= 15 is 0 Å². The van der Waals surface area contributed by atoms with Crippen molar-refractivity contribution in [1.82, 2.24) is 9.88 Å². The molecule has 7 heteroatoms. The number of anilines is 1. The molecule has 5 nitrogen and oxygen atoms in total. The molecule has 0 bridgehead atoms. The first-order chi connectivity index (χ1) is 12.0. The highest BCUT2D eigenvalue weighted by Crippen LogP contribution is 2.25. The van der Waals surface area contributed by atoms with Gasteiger partial charge >= 0.3 is 0 Å². The van der Waals surface area contributed by atoms with Crippen molar-refractivity contribution in [2.24, 2.45) is 0 Å². The molecule has 1 aromatic carbocycles. The molecule has 1 amide bonds. The summed E-state index contributed by atoms with van der Waals surface area (Å²) in [5, 5.41) is 4.05. The van der Waals surface area contributed by atoms with Crippen molar-refractivity contribution in [3.05, 3.63) is 58.2 Å². The Morgan fingerprint density at radius 3 is 2.64 bits per heavy atom. The molecule has 132 valence electrons. The number of pyridine rings is 1. The number of hydrogen-bond acceptors (Lipinski definition) is 4. The van der Waals surface area contributed by atoms with E-state index in [9.17, 15) is 4.79 Å². The van der Waals surface area contributed by atoms with Crippen molar-refractivity contribution in [1.29, 1.82) is 0 Å². The number of aromatic nitrogens is 1. The molecule has 0 aliphatic carbocycles. The summed E-state index contributed by atoms with van der Waals surface area (Å²) in [6.07, 6.45) is 1.43. The summed E-state index contributed by atoms with van der Waals surface area (Å²) in [4.78, 5) is 18.7. The lowest BCUT2D eigenvalue weighted by Crippen LogP contribution is -2.48. The first kappa shape index (κ1) is 18.1. The van der Waals surface area contributed by atoms with Crippen molar-refractivity contribution < 1.29 is 9.53 Å². The number of halogens is 2. The SMILES string of the molecule is C[C@@H](C(=O)Nc1ccc(Cl)cn1)N1CCO[C@H](c2ccc(Cl)cc2)C1. The highest BCUT2D eigenvalue weighted by atomic mass is 35.5. The van der Waals surface area contributed by atoms with Crippen molar-refractivity contribution in [2.75, 3.05) is 25.0 Å². The maximum Gasteiger partial charge on any atom is 0.242 e. The average molecular weight is 380 g/mol. The maximum atomic E-state index is 12.5. The van der Waals surface area contributed by atoms with Crippen LogP contribution in [0.5, 0.6) is 0 Å². The fraction of sp³-hybridized carbons (Fsp3) is 0.333. The van der Waals surface area contributed by atoms with E-state index in [0.29, 0.717) is 35.6 Å². The quantitative estimate of drug-likeness (QED) is 0.877. The van der Waals surface area contributed by atoms with Crippen molar-refractivity contribution >= 4 is 34.9 Å². The fourth-order valence-electron chi connectivity index (χ4n) is 2.75. The number of morpholine rings is 1. The molecule has 2 atom stereocenters. The third-order valence-corrected chi connectivity index (χ3v) is 4.72. The van der Waals surface area contributed by atoms with E-state index in [2.05, 4.69) is 15.2 Å². The van der Waals surface area contributed by atoms with E-state index in [0.717, 1.165) is 5.56 Å². The Labute approximate surface area is 156 Å². The Balaban J connectivity index is 1.62. The largest absolute Gasteiger partial charge is 0.371 e. The normalized spacial score (nSPS) is 19.4. The van der Waals surface area contributed by atoms with Gasteiger partial charge in [0.05, 0.1) is 23.8 Å². The van der Waals surface area contributed by atoms with Crippen LogP contribution in [0.2, 0.25) is 10.0 Å². The van der Waals surface area contributed by atoms with Crippen LogP contribution in [0.15, 0.2) is 42.6 Å². The van der Waals surface area contributed by atoms with Crippen LogP contribution in [0.4, 0.5) is 5.82 Å². The minimum absolute atomic E-state index is 0.0741. The summed E-state index contributed by atoms with van der Waals surface area (Å²) >= 11 is 11.8. The summed E-state index contributed by atoms with van der Waals surface area (Å²) in [5.74, 6) is 0.385. The molecule has 1 fully saturated rings. The van der Waals surface area contributed by atoms with Crippen molar-refractivity contribution in [3.8, 4) is 0 Å². The van der Waals surface area contributed by atoms with E-state index in [-0.39, 0.29) is 18.1 Å². The maximum absolute atomic E-state index is 12.5. The number of carbonyl (C=O) groups is 1. The smallest absolute Gasteiger partial charge is 0.242 e. The van der Waals surface area contributed by atoms with Gasteiger partial charge in [-0.05, 0) is 36.8 Å². The number of nitrogens with one attached hydrogen (secondary N) is 1. The molecule has 0 radical (unpaired) electrons. The van der Waals surface area contributed by atoms with Gasteiger partial charge in [0, 0.05) is 24.3 Å².